The van der Waals surface area contributed by atoms with Gasteiger partial charge in [0, 0.05) is 36.6 Å². The Labute approximate surface area is 174 Å². The molecule has 4 radical (unpaired) electrons. The van der Waals surface area contributed by atoms with Crippen LogP contribution >= 0.6 is 11.6 Å². The number of carbonyl (C=O) groups excluding carboxylic acids is 1. The first kappa shape index (κ1) is 19.5. The summed E-state index contributed by atoms with van der Waals surface area (Å²) in [4.78, 5) is 30.9. The number of anilines is 1. The molecule has 1 saturated heterocycles. The Kier molecular flexibility index (Phi) is 5.08. The van der Waals surface area contributed by atoms with Crippen molar-refractivity contribution < 1.29 is 9.18 Å². The molecular weight excluding hydrogens is 390 g/mol. The molecule has 0 aromatic carbocycles. The molecule has 1 aliphatic rings. The summed E-state index contributed by atoms with van der Waals surface area (Å²) in [6.45, 7) is 0.367. The van der Waals surface area contributed by atoms with Crippen LogP contribution in [0.3, 0.4) is 0 Å². The largest absolute Gasteiger partial charge is 0.295 e. The molecule has 0 N–H and O–H groups in total. The number of carbonyl (C=O) groups is 1. The van der Waals surface area contributed by atoms with Crippen molar-refractivity contribution in [3.05, 3.63) is 65.7 Å². The number of pyridine rings is 2. The van der Waals surface area contributed by atoms with Crippen molar-refractivity contribution in [3.63, 3.8) is 0 Å². The van der Waals surface area contributed by atoms with E-state index in [1.54, 1.807) is 18.6 Å². The van der Waals surface area contributed by atoms with Gasteiger partial charge in [-0.25, -0.2) is 14.4 Å². The molecule has 0 bridgehead atoms. The predicted molar refractivity (Wildman–Crippen MR) is 108 cm³/mol. The van der Waals surface area contributed by atoms with Gasteiger partial charge >= 0.3 is 0 Å². The first-order chi connectivity index (χ1) is 13.9. The zero-order valence-corrected chi connectivity index (χ0v) is 15.9. The Morgan fingerprint density at radius 3 is 2.55 bits per heavy atom. The van der Waals surface area contributed by atoms with E-state index >= 15 is 0 Å². The van der Waals surface area contributed by atoms with Crippen molar-refractivity contribution in [2.45, 2.75) is 11.6 Å². The van der Waals surface area contributed by atoms with Gasteiger partial charge in [0.05, 0.1) is 33.8 Å². The van der Waals surface area contributed by atoms with Gasteiger partial charge in [-0.2, -0.15) is 0 Å². The number of halogens is 2. The lowest BCUT2D eigenvalue weighted by Crippen LogP contribution is -2.42. The van der Waals surface area contributed by atoms with Crippen LogP contribution in [-0.4, -0.2) is 48.1 Å². The fourth-order valence-electron chi connectivity index (χ4n) is 3.34. The molecule has 0 aliphatic carbocycles. The minimum Gasteiger partial charge on any atom is -0.295 e. The van der Waals surface area contributed by atoms with Crippen molar-refractivity contribution in [3.8, 4) is 11.3 Å². The van der Waals surface area contributed by atoms with Crippen LogP contribution in [0, 0.1) is 11.7 Å². The van der Waals surface area contributed by atoms with Gasteiger partial charge < -0.3 is 0 Å². The Morgan fingerprint density at radius 1 is 1.14 bits per heavy atom. The second kappa shape index (κ2) is 7.55. The van der Waals surface area contributed by atoms with Crippen molar-refractivity contribution in [2.75, 3.05) is 11.4 Å². The molecule has 1 unspecified atom stereocenters. The van der Waals surface area contributed by atoms with Crippen LogP contribution < -0.4 is 4.90 Å². The van der Waals surface area contributed by atoms with E-state index in [-0.39, 0.29) is 16.6 Å². The Bertz CT molecular complexity index is 1050. The first-order valence-corrected chi connectivity index (χ1v) is 9.19. The number of nitrogens with zero attached hydrogens (tertiary/aromatic N) is 5. The quantitative estimate of drug-likeness (QED) is 0.494. The summed E-state index contributed by atoms with van der Waals surface area (Å²) in [6, 6.07) is 4.74. The lowest BCUT2D eigenvalue weighted by Gasteiger charge is -2.32. The molecule has 6 nitrogen and oxygen atoms in total. The first-order valence-electron chi connectivity index (χ1n) is 8.81. The van der Waals surface area contributed by atoms with E-state index in [0.717, 1.165) is 11.6 Å². The highest BCUT2D eigenvalue weighted by Gasteiger charge is 2.43. The predicted octanol–water partition coefficient (Wildman–Crippen LogP) is 2.27. The van der Waals surface area contributed by atoms with Crippen LogP contribution in [0.15, 0.2) is 49.2 Å². The highest BCUT2D eigenvalue weighted by Crippen LogP contribution is 2.36. The lowest BCUT2D eigenvalue weighted by molar-refractivity contribution is -0.120. The van der Waals surface area contributed by atoms with Crippen molar-refractivity contribution in [1.82, 2.24) is 19.9 Å². The fourth-order valence-corrected chi connectivity index (χ4v) is 3.45. The third-order valence-electron chi connectivity index (χ3n) is 4.97. The van der Waals surface area contributed by atoms with Crippen molar-refractivity contribution in [1.29, 1.82) is 0 Å². The second-order valence-electron chi connectivity index (χ2n) is 6.76. The summed E-state index contributed by atoms with van der Waals surface area (Å²) in [5, 5.41) is -1.89. The Morgan fingerprint density at radius 2 is 1.90 bits per heavy atom. The van der Waals surface area contributed by atoms with Gasteiger partial charge in [0.25, 0.3) is 0 Å². The number of aromatic nitrogens is 4. The number of hydrogen-bond acceptors (Lipinski definition) is 5. The van der Waals surface area contributed by atoms with Gasteiger partial charge in [0.2, 0.25) is 5.91 Å². The molecule has 4 heterocycles. The topological polar surface area (TPSA) is 71.9 Å². The Balaban J connectivity index is 1.56. The zero-order valence-electron chi connectivity index (χ0n) is 15.2. The monoisotopic (exact) mass is 403 g/mol. The van der Waals surface area contributed by atoms with Crippen LogP contribution in [0.1, 0.15) is 12.0 Å². The summed E-state index contributed by atoms with van der Waals surface area (Å²) in [7, 11) is 12.5. The molecule has 10 heteroatoms. The van der Waals surface area contributed by atoms with E-state index < -0.39 is 16.9 Å². The molecule has 1 amide bonds. The van der Waals surface area contributed by atoms with E-state index in [4.69, 9.17) is 27.3 Å². The van der Waals surface area contributed by atoms with Gasteiger partial charge in [0.1, 0.15) is 0 Å². The molecule has 0 saturated carbocycles. The summed E-state index contributed by atoms with van der Waals surface area (Å²) in [6.07, 6.45) is 8.09. The standard InChI is InChI=1S/C19H13B2ClFN5O/c20-19(21,12-7-14(23)17(22)27-8-12)13-3-6-28(18(13)29)16-10-25-15(9-26-16)11-1-4-24-5-2-11/h1-2,4-5,7-10,13H,3,6H2. The van der Waals surface area contributed by atoms with Gasteiger partial charge in [-0.15, -0.1) is 0 Å². The lowest BCUT2D eigenvalue weighted by atomic mass is 9.45. The molecular formula is C19H13B2ClFN5O. The average Bonchev–Trinajstić information content (AvgIpc) is 3.13. The molecule has 0 spiro atoms. The third-order valence-corrected chi connectivity index (χ3v) is 5.25. The van der Waals surface area contributed by atoms with Crippen LogP contribution in [-0.2, 0) is 10.0 Å². The van der Waals surface area contributed by atoms with E-state index in [1.165, 1.54) is 17.3 Å². The van der Waals surface area contributed by atoms with Crippen LogP contribution in [0.4, 0.5) is 10.2 Å². The Hall–Kier alpha value is -2.80. The normalized spacial score (nSPS) is 17.0. The van der Waals surface area contributed by atoms with Crippen molar-refractivity contribution >= 4 is 39.0 Å². The SMILES string of the molecule is [B]C([B])(c1cnc(Cl)c(F)c1)C1CCN(c2cnc(-c3ccncc3)cn2)C1=O. The average molecular weight is 403 g/mol. The number of rotatable bonds is 4. The zero-order chi connectivity index (χ0) is 20.6. The van der Waals surface area contributed by atoms with Gasteiger partial charge in [0.15, 0.2) is 16.8 Å². The minimum atomic E-state index is -1.60. The molecule has 1 aliphatic heterocycles. The molecule has 1 fully saturated rings. The maximum absolute atomic E-state index is 13.8. The maximum Gasteiger partial charge on any atom is 0.230 e. The summed E-state index contributed by atoms with van der Waals surface area (Å²) in [5.74, 6) is -1.43. The van der Waals surface area contributed by atoms with Crippen LogP contribution in [0.25, 0.3) is 11.3 Å². The summed E-state index contributed by atoms with van der Waals surface area (Å²) >= 11 is 5.62. The molecule has 140 valence electrons. The van der Waals surface area contributed by atoms with Gasteiger partial charge in [-0.3, -0.25) is 19.7 Å². The van der Waals surface area contributed by atoms with E-state index in [0.29, 0.717) is 24.5 Å². The van der Waals surface area contributed by atoms with E-state index in [2.05, 4.69) is 19.9 Å². The summed E-state index contributed by atoms with van der Waals surface area (Å²) < 4.78 is 13.8. The second-order valence-corrected chi connectivity index (χ2v) is 7.11. The number of hydrogen-bond donors (Lipinski definition) is 0. The smallest absolute Gasteiger partial charge is 0.230 e. The minimum absolute atomic E-state index is 0.193. The van der Waals surface area contributed by atoms with Crippen molar-refractivity contribution in [2.24, 2.45) is 5.92 Å². The van der Waals surface area contributed by atoms with Crippen LogP contribution in [0.5, 0.6) is 0 Å². The molecule has 1 atom stereocenters. The van der Waals surface area contributed by atoms with Gasteiger partial charge in [-0.1, -0.05) is 16.8 Å². The molecule has 4 rings (SSSR count). The highest BCUT2D eigenvalue weighted by molar-refractivity contribution is 6.42. The summed E-state index contributed by atoms with van der Waals surface area (Å²) in [5.41, 5.74) is 1.72. The van der Waals surface area contributed by atoms with Gasteiger partial charge in [-0.05, 0) is 30.2 Å². The van der Waals surface area contributed by atoms with Crippen LogP contribution in [0.2, 0.25) is 5.15 Å². The fraction of sp³-hybridized carbons (Fsp3) is 0.211. The molecule has 29 heavy (non-hydrogen) atoms. The third kappa shape index (κ3) is 3.62. The highest BCUT2D eigenvalue weighted by atomic mass is 35.5. The molecule has 3 aromatic heterocycles. The van der Waals surface area contributed by atoms with E-state index in [1.807, 2.05) is 12.1 Å². The molecule has 3 aromatic rings. The number of amides is 1. The van der Waals surface area contributed by atoms with E-state index in [9.17, 15) is 9.18 Å². The maximum atomic E-state index is 13.8.